The van der Waals surface area contributed by atoms with Gasteiger partial charge >= 0.3 is 11.9 Å². The van der Waals surface area contributed by atoms with E-state index in [0.717, 1.165) is 0 Å². The lowest BCUT2D eigenvalue weighted by Crippen LogP contribution is -2.32. The van der Waals surface area contributed by atoms with Gasteiger partial charge in [-0.25, -0.2) is 14.8 Å². The smallest absolute Gasteiger partial charge is 0.376 e. The normalized spacial score (nSPS) is 10.9. The number of esters is 1. The number of hydrogen-bond donors (Lipinski definition) is 2. The zero-order valence-electron chi connectivity index (χ0n) is 11.1. The fourth-order valence-corrected chi connectivity index (χ4v) is 1.45. The van der Waals surface area contributed by atoms with Crippen molar-refractivity contribution in [3.05, 3.63) is 18.1 Å². The summed E-state index contributed by atoms with van der Waals surface area (Å²) in [7, 11) is 1.25. The van der Waals surface area contributed by atoms with E-state index in [-0.39, 0.29) is 12.2 Å². The summed E-state index contributed by atoms with van der Waals surface area (Å²) < 4.78 is 4.53. The quantitative estimate of drug-likeness (QED) is 0.749. The van der Waals surface area contributed by atoms with E-state index in [1.807, 2.05) is 13.8 Å². The van der Waals surface area contributed by atoms with Crippen LogP contribution in [0.2, 0.25) is 0 Å². The molecule has 0 saturated heterocycles. The number of nitrogens with one attached hydrogen (secondary N) is 1. The highest BCUT2D eigenvalue weighted by Gasteiger charge is 2.20. The second-order valence-corrected chi connectivity index (χ2v) is 4.66. The maximum absolute atomic E-state index is 11.3. The van der Waals surface area contributed by atoms with E-state index in [1.165, 1.54) is 13.3 Å². The molecular formula is C12H17N3O4. The van der Waals surface area contributed by atoms with Crippen molar-refractivity contribution in [2.75, 3.05) is 12.4 Å². The first-order chi connectivity index (χ1) is 8.84. The second kappa shape index (κ2) is 6.12. The van der Waals surface area contributed by atoms with E-state index < -0.39 is 17.5 Å². The van der Waals surface area contributed by atoms with E-state index in [2.05, 4.69) is 20.0 Å². The van der Waals surface area contributed by atoms with Gasteiger partial charge in [0.05, 0.1) is 7.11 Å². The van der Waals surface area contributed by atoms with Crippen LogP contribution in [0.3, 0.4) is 0 Å². The minimum Gasteiger partial charge on any atom is -0.481 e. The van der Waals surface area contributed by atoms with Gasteiger partial charge in [0.1, 0.15) is 5.82 Å². The summed E-state index contributed by atoms with van der Waals surface area (Å²) in [5.74, 6) is -1.06. The van der Waals surface area contributed by atoms with E-state index in [4.69, 9.17) is 5.11 Å². The van der Waals surface area contributed by atoms with Crippen molar-refractivity contribution in [1.29, 1.82) is 0 Å². The highest BCUT2D eigenvalue weighted by atomic mass is 16.5. The number of hydrogen-bond acceptors (Lipinski definition) is 6. The molecule has 0 aliphatic heterocycles. The molecule has 7 heteroatoms. The van der Waals surface area contributed by atoms with Crippen LogP contribution < -0.4 is 5.32 Å². The molecule has 0 saturated carbocycles. The number of rotatable bonds is 6. The fourth-order valence-electron chi connectivity index (χ4n) is 1.45. The van der Waals surface area contributed by atoms with Gasteiger partial charge in [0.2, 0.25) is 5.82 Å². The van der Waals surface area contributed by atoms with Crippen LogP contribution in [0.25, 0.3) is 0 Å². The van der Waals surface area contributed by atoms with Gasteiger partial charge in [-0.15, -0.1) is 0 Å². The Morgan fingerprint density at radius 1 is 1.47 bits per heavy atom. The number of aromatic nitrogens is 2. The average Bonchev–Trinajstić information content (AvgIpc) is 2.35. The Kier molecular flexibility index (Phi) is 4.80. The molecule has 0 amide bonds. The van der Waals surface area contributed by atoms with Crippen LogP contribution in [0, 0.1) is 0 Å². The first-order valence-corrected chi connectivity index (χ1v) is 5.75. The van der Waals surface area contributed by atoms with Crippen LogP contribution in [-0.4, -0.2) is 39.7 Å². The molecule has 0 bridgehead atoms. The third-order valence-electron chi connectivity index (χ3n) is 2.45. The Balaban J connectivity index is 2.75. The molecule has 0 aliphatic carbocycles. The summed E-state index contributed by atoms with van der Waals surface area (Å²) in [6.07, 6.45) is 1.92. The maximum Gasteiger partial charge on any atom is 0.376 e. The van der Waals surface area contributed by atoms with Crippen LogP contribution in [0.5, 0.6) is 0 Å². The molecule has 0 aliphatic rings. The summed E-state index contributed by atoms with van der Waals surface area (Å²) in [5, 5.41) is 11.7. The number of carbonyl (C=O) groups is 2. The SMILES string of the molecule is COC(=O)c1nccc(NC(C)(C)CCC(=O)O)n1. The third kappa shape index (κ3) is 4.90. The van der Waals surface area contributed by atoms with E-state index in [1.54, 1.807) is 6.07 Å². The fraction of sp³-hybridized carbons (Fsp3) is 0.500. The molecular weight excluding hydrogens is 250 g/mol. The monoisotopic (exact) mass is 267 g/mol. The molecule has 7 nitrogen and oxygen atoms in total. The molecule has 0 atom stereocenters. The van der Waals surface area contributed by atoms with Crippen LogP contribution in [0.1, 0.15) is 37.3 Å². The molecule has 0 spiro atoms. The number of methoxy groups -OCH3 is 1. The number of aliphatic carboxylic acids is 1. The van der Waals surface area contributed by atoms with Gasteiger partial charge in [-0.1, -0.05) is 0 Å². The van der Waals surface area contributed by atoms with Gasteiger partial charge in [0.15, 0.2) is 0 Å². The number of carboxylic acid groups (broad SMARTS) is 1. The van der Waals surface area contributed by atoms with E-state index in [9.17, 15) is 9.59 Å². The lowest BCUT2D eigenvalue weighted by atomic mass is 9.98. The topological polar surface area (TPSA) is 101 Å². The van der Waals surface area contributed by atoms with Crippen molar-refractivity contribution in [1.82, 2.24) is 9.97 Å². The lowest BCUT2D eigenvalue weighted by molar-refractivity contribution is -0.137. The predicted octanol–water partition coefficient (Wildman–Crippen LogP) is 1.32. The minimum atomic E-state index is -0.854. The van der Waals surface area contributed by atoms with Crippen LogP contribution >= 0.6 is 0 Å². The molecule has 19 heavy (non-hydrogen) atoms. The second-order valence-electron chi connectivity index (χ2n) is 4.66. The lowest BCUT2D eigenvalue weighted by Gasteiger charge is -2.26. The molecule has 0 unspecified atom stereocenters. The molecule has 0 aromatic carbocycles. The largest absolute Gasteiger partial charge is 0.481 e. The molecule has 0 radical (unpaired) electrons. The van der Waals surface area contributed by atoms with Crippen molar-refractivity contribution in [2.24, 2.45) is 0 Å². The van der Waals surface area contributed by atoms with Gasteiger partial charge in [-0.2, -0.15) is 0 Å². The summed E-state index contributed by atoms with van der Waals surface area (Å²) in [5.41, 5.74) is -0.458. The van der Waals surface area contributed by atoms with Crippen molar-refractivity contribution < 1.29 is 19.4 Å². The Morgan fingerprint density at radius 3 is 2.74 bits per heavy atom. The van der Waals surface area contributed by atoms with Crippen LogP contribution in [0.15, 0.2) is 12.3 Å². The standard InChI is InChI=1S/C12H17N3O4/c1-12(2,6-4-9(16)17)15-8-5-7-13-10(14-8)11(18)19-3/h5,7H,4,6H2,1-3H3,(H,16,17)(H,13,14,15). The zero-order chi connectivity index (χ0) is 14.5. The van der Waals surface area contributed by atoms with E-state index >= 15 is 0 Å². The van der Waals surface area contributed by atoms with Gasteiger partial charge < -0.3 is 15.2 Å². The molecule has 0 fully saturated rings. The maximum atomic E-state index is 11.3. The Bertz CT molecular complexity index is 474. The van der Waals surface area contributed by atoms with Crippen molar-refractivity contribution >= 4 is 17.8 Å². The summed E-state index contributed by atoms with van der Waals surface area (Å²) in [6.45, 7) is 3.71. The highest BCUT2D eigenvalue weighted by Crippen LogP contribution is 2.18. The Morgan fingerprint density at radius 2 is 2.16 bits per heavy atom. The Labute approximate surface area is 111 Å². The van der Waals surface area contributed by atoms with Crippen LogP contribution in [0.4, 0.5) is 5.82 Å². The van der Waals surface area contributed by atoms with Gasteiger partial charge in [0.25, 0.3) is 0 Å². The molecule has 2 N–H and O–H groups in total. The zero-order valence-corrected chi connectivity index (χ0v) is 11.1. The number of nitrogens with zero attached hydrogens (tertiary/aromatic N) is 2. The predicted molar refractivity (Wildman–Crippen MR) is 67.9 cm³/mol. The molecule has 1 heterocycles. The number of carboxylic acids is 1. The van der Waals surface area contributed by atoms with Crippen molar-refractivity contribution in [3.8, 4) is 0 Å². The first kappa shape index (κ1) is 14.9. The first-order valence-electron chi connectivity index (χ1n) is 5.75. The molecule has 104 valence electrons. The van der Waals surface area contributed by atoms with Gasteiger partial charge in [-0.05, 0) is 26.3 Å². The number of ether oxygens (including phenoxy) is 1. The van der Waals surface area contributed by atoms with Gasteiger partial charge in [0, 0.05) is 18.2 Å². The summed E-state index contributed by atoms with van der Waals surface area (Å²) >= 11 is 0. The minimum absolute atomic E-state index is 0.0402. The van der Waals surface area contributed by atoms with Crippen molar-refractivity contribution in [3.63, 3.8) is 0 Å². The summed E-state index contributed by atoms with van der Waals surface area (Å²) in [4.78, 5) is 29.7. The third-order valence-corrected chi connectivity index (χ3v) is 2.45. The van der Waals surface area contributed by atoms with Crippen LogP contribution in [-0.2, 0) is 9.53 Å². The average molecular weight is 267 g/mol. The molecule has 1 aromatic heterocycles. The van der Waals surface area contributed by atoms with Crippen molar-refractivity contribution in [2.45, 2.75) is 32.2 Å². The van der Waals surface area contributed by atoms with E-state index in [0.29, 0.717) is 12.2 Å². The highest BCUT2D eigenvalue weighted by molar-refractivity contribution is 5.85. The summed E-state index contributed by atoms with van der Waals surface area (Å²) in [6, 6.07) is 1.61. The number of anilines is 1. The molecule has 1 rings (SSSR count). The van der Waals surface area contributed by atoms with Gasteiger partial charge in [-0.3, -0.25) is 4.79 Å². The Hall–Kier alpha value is -2.18. The molecule has 1 aromatic rings. The number of carbonyl (C=O) groups excluding carboxylic acids is 1.